The molecule has 1 saturated carbocycles. The van der Waals surface area contributed by atoms with Gasteiger partial charge in [-0.2, -0.15) is 13.2 Å². The number of hydrogen-bond donors (Lipinski definition) is 0. The summed E-state index contributed by atoms with van der Waals surface area (Å²) < 4.78 is 38.4. The molecule has 1 fully saturated rings. The van der Waals surface area contributed by atoms with Crippen molar-refractivity contribution in [1.29, 1.82) is 0 Å². The normalized spacial score (nSPS) is 23.0. The number of alkyl halides is 3. The number of aryl methyl sites for hydroxylation is 1. The summed E-state index contributed by atoms with van der Waals surface area (Å²) in [4.78, 5) is 12.4. The fourth-order valence-corrected chi connectivity index (χ4v) is 3.09. The number of carbonyl (C=O) groups is 1. The zero-order valence-electron chi connectivity index (χ0n) is 12.2. The summed E-state index contributed by atoms with van der Waals surface area (Å²) in [5, 5.41) is 0. The molecule has 2 rings (SSSR count). The second-order valence-corrected chi connectivity index (χ2v) is 5.91. The molecule has 1 aromatic rings. The molecular formula is C17H21F3O. The minimum atomic E-state index is -4.18. The van der Waals surface area contributed by atoms with Gasteiger partial charge >= 0.3 is 6.18 Å². The van der Waals surface area contributed by atoms with Crippen molar-refractivity contribution < 1.29 is 18.0 Å². The van der Waals surface area contributed by atoms with Crippen molar-refractivity contribution in [2.45, 2.75) is 51.6 Å². The number of carbonyl (C=O) groups excluding carboxylic acids is 1. The second-order valence-electron chi connectivity index (χ2n) is 5.91. The molecule has 21 heavy (non-hydrogen) atoms. The highest BCUT2D eigenvalue weighted by Crippen LogP contribution is 2.40. The van der Waals surface area contributed by atoms with Crippen LogP contribution in [0.1, 0.15) is 54.9 Å². The Bertz CT molecular complexity index is 476. The number of ketones is 1. The largest absolute Gasteiger partial charge is 0.391 e. The molecule has 0 radical (unpaired) electrons. The van der Waals surface area contributed by atoms with E-state index < -0.39 is 18.0 Å². The van der Waals surface area contributed by atoms with E-state index >= 15 is 0 Å². The van der Waals surface area contributed by atoms with E-state index in [1.807, 2.05) is 12.1 Å². The van der Waals surface area contributed by atoms with E-state index in [-0.39, 0.29) is 18.6 Å². The molecule has 0 heterocycles. The van der Waals surface area contributed by atoms with Gasteiger partial charge in [-0.15, -0.1) is 0 Å². The van der Waals surface area contributed by atoms with Gasteiger partial charge in [-0.1, -0.05) is 44.0 Å². The third kappa shape index (κ3) is 4.08. The zero-order chi connectivity index (χ0) is 15.5. The van der Waals surface area contributed by atoms with Crippen LogP contribution in [0.25, 0.3) is 0 Å². The smallest absolute Gasteiger partial charge is 0.294 e. The van der Waals surface area contributed by atoms with Gasteiger partial charge in [0.05, 0.1) is 5.92 Å². The standard InChI is InChI=1S/C17H21F3O/c1-2-4-12-7-9-13(10-8-12)16(21)14-5-3-6-15(11-14)17(18,19)20/h7-10,14-15H,2-6,11H2,1H3. The van der Waals surface area contributed by atoms with Crippen molar-refractivity contribution in [1.82, 2.24) is 0 Å². The van der Waals surface area contributed by atoms with Crippen molar-refractivity contribution in [2.75, 3.05) is 0 Å². The molecule has 1 aliphatic carbocycles. The SMILES string of the molecule is CCCc1ccc(C(=O)C2CCCC(C(F)(F)F)C2)cc1. The van der Waals surface area contributed by atoms with Crippen LogP contribution in [-0.2, 0) is 6.42 Å². The zero-order valence-corrected chi connectivity index (χ0v) is 12.2. The molecule has 1 aromatic carbocycles. The fraction of sp³-hybridized carbons (Fsp3) is 0.588. The first-order valence-corrected chi connectivity index (χ1v) is 7.61. The van der Waals surface area contributed by atoms with Crippen LogP contribution in [0.5, 0.6) is 0 Å². The van der Waals surface area contributed by atoms with E-state index in [4.69, 9.17) is 0 Å². The Balaban J connectivity index is 2.05. The summed E-state index contributed by atoms with van der Waals surface area (Å²) in [6.07, 6.45) is -1.04. The van der Waals surface area contributed by atoms with Crippen molar-refractivity contribution in [3.05, 3.63) is 35.4 Å². The third-order valence-electron chi connectivity index (χ3n) is 4.29. The number of rotatable bonds is 4. The first-order valence-electron chi connectivity index (χ1n) is 7.61. The molecular weight excluding hydrogens is 277 g/mol. The van der Waals surface area contributed by atoms with Gasteiger partial charge in [-0.25, -0.2) is 0 Å². The highest BCUT2D eigenvalue weighted by molar-refractivity contribution is 5.97. The summed E-state index contributed by atoms with van der Waals surface area (Å²) in [5.74, 6) is -1.94. The van der Waals surface area contributed by atoms with Crippen molar-refractivity contribution in [2.24, 2.45) is 11.8 Å². The molecule has 116 valence electrons. The monoisotopic (exact) mass is 298 g/mol. The van der Waals surface area contributed by atoms with Crippen molar-refractivity contribution >= 4 is 5.78 Å². The molecule has 1 nitrogen and oxygen atoms in total. The lowest BCUT2D eigenvalue weighted by Crippen LogP contribution is -2.31. The molecule has 2 unspecified atom stereocenters. The fourth-order valence-electron chi connectivity index (χ4n) is 3.09. The molecule has 2 atom stereocenters. The maximum Gasteiger partial charge on any atom is 0.391 e. The molecule has 0 aromatic heterocycles. The first kappa shape index (κ1) is 16.1. The number of benzene rings is 1. The van der Waals surface area contributed by atoms with Gasteiger partial charge in [-0.3, -0.25) is 4.79 Å². The number of halogens is 3. The summed E-state index contributed by atoms with van der Waals surface area (Å²) >= 11 is 0. The highest BCUT2D eigenvalue weighted by Gasteiger charge is 2.43. The maximum atomic E-state index is 12.8. The van der Waals surface area contributed by atoms with Gasteiger partial charge in [0.25, 0.3) is 0 Å². The predicted molar refractivity (Wildman–Crippen MR) is 76.3 cm³/mol. The Kier molecular flexibility index (Phi) is 5.07. The minimum Gasteiger partial charge on any atom is -0.294 e. The van der Waals surface area contributed by atoms with Crippen LogP contribution in [-0.4, -0.2) is 12.0 Å². The van der Waals surface area contributed by atoms with Crippen molar-refractivity contribution in [3.63, 3.8) is 0 Å². The van der Waals surface area contributed by atoms with Crippen LogP contribution in [0.3, 0.4) is 0 Å². The Morgan fingerprint density at radius 3 is 2.43 bits per heavy atom. The Hall–Kier alpha value is -1.32. The van der Waals surface area contributed by atoms with Crippen LogP contribution in [0.2, 0.25) is 0 Å². The first-order chi connectivity index (χ1) is 9.91. The average molecular weight is 298 g/mol. The molecule has 0 spiro atoms. The van der Waals surface area contributed by atoms with Crippen LogP contribution in [0.4, 0.5) is 13.2 Å². The Labute approximate surface area is 123 Å². The van der Waals surface area contributed by atoms with Gasteiger partial charge in [-0.05, 0) is 31.2 Å². The quantitative estimate of drug-likeness (QED) is 0.699. The summed E-state index contributed by atoms with van der Waals surface area (Å²) in [6, 6.07) is 7.32. The van der Waals surface area contributed by atoms with E-state index in [9.17, 15) is 18.0 Å². The lowest BCUT2D eigenvalue weighted by Gasteiger charge is -2.29. The van der Waals surface area contributed by atoms with Gasteiger partial charge in [0.2, 0.25) is 0 Å². The molecule has 0 saturated heterocycles. The molecule has 0 aliphatic heterocycles. The van der Waals surface area contributed by atoms with Crippen LogP contribution in [0.15, 0.2) is 24.3 Å². The van der Waals surface area contributed by atoms with Gasteiger partial charge < -0.3 is 0 Å². The van der Waals surface area contributed by atoms with E-state index in [0.717, 1.165) is 18.4 Å². The Morgan fingerprint density at radius 1 is 1.19 bits per heavy atom. The Morgan fingerprint density at radius 2 is 1.86 bits per heavy atom. The van der Waals surface area contributed by atoms with Crippen LogP contribution >= 0.6 is 0 Å². The molecule has 1 aliphatic rings. The molecule has 0 bridgehead atoms. The molecule has 0 N–H and O–H groups in total. The number of Topliss-reactive ketones (excluding diaryl/α,β-unsaturated/α-hetero) is 1. The van der Waals surface area contributed by atoms with E-state index in [1.165, 1.54) is 0 Å². The van der Waals surface area contributed by atoms with Crippen LogP contribution in [0, 0.1) is 11.8 Å². The van der Waals surface area contributed by atoms with E-state index in [1.54, 1.807) is 12.1 Å². The molecule has 4 heteroatoms. The lowest BCUT2D eigenvalue weighted by atomic mass is 9.77. The summed E-state index contributed by atoms with van der Waals surface area (Å²) in [7, 11) is 0. The predicted octanol–water partition coefficient (Wildman–Crippen LogP) is 5.19. The summed E-state index contributed by atoms with van der Waals surface area (Å²) in [6.45, 7) is 2.08. The van der Waals surface area contributed by atoms with Crippen LogP contribution < -0.4 is 0 Å². The summed E-state index contributed by atoms with van der Waals surface area (Å²) in [5.41, 5.74) is 1.70. The minimum absolute atomic E-state index is 0.0565. The third-order valence-corrected chi connectivity index (χ3v) is 4.29. The maximum absolute atomic E-state index is 12.8. The molecule has 0 amide bonds. The second kappa shape index (κ2) is 6.63. The van der Waals surface area contributed by atoms with E-state index in [0.29, 0.717) is 18.4 Å². The average Bonchev–Trinajstić information content (AvgIpc) is 2.47. The van der Waals surface area contributed by atoms with Crippen molar-refractivity contribution in [3.8, 4) is 0 Å². The highest BCUT2D eigenvalue weighted by atomic mass is 19.4. The van der Waals surface area contributed by atoms with Gasteiger partial charge in [0, 0.05) is 11.5 Å². The van der Waals surface area contributed by atoms with Gasteiger partial charge in [0.1, 0.15) is 0 Å². The number of hydrogen-bond acceptors (Lipinski definition) is 1. The van der Waals surface area contributed by atoms with Gasteiger partial charge in [0.15, 0.2) is 5.78 Å². The lowest BCUT2D eigenvalue weighted by molar-refractivity contribution is -0.184. The van der Waals surface area contributed by atoms with E-state index in [2.05, 4.69) is 6.92 Å². The topological polar surface area (TPSA) is 17.1 Å².